The van der Waals surface area contributed by atoms with E-state index in [4.69, 9.17) is 0 Å². The molecule has 2 rings (SSSR count). The van der Waals surface area contributed by atoms with Gasteiger partial charge in [0.1, 0.15) is 0 Å². The minimum Gasteiger partial charge on any atom is -0.392 e. The molecule has 0 aliphatic rings. The molecule has 0 atom stereocenters. The van der Waals surface area contributed by atoms with Gasteiger partial charge in [0.2, 0.25) is 0 Å². The van der Waals surface area contributed by atoms with Crippen LogP contribution < -0.4 is 0 Å². The van der Waals surface area contributed by atoms with E-state index in [-0.39, 0.29) is 6.61 Å². The third-order valence-electron chi connectivity index (χ3n) is 2.18. The minimum atomic E-state index is 0.0777. The number of rotatable bonds is 3. The summed E-state index contributed by atoms with van der Waals surface area (Å²) >= 11 is 3.25. The van der Waals surface area contributed by atoms with Gasteiger partial charge in [-0.1, -0.05) is 29.5 Å². The average molecular weight is 251 g/mol. The van der Waals surface area contributed by atoms with E-state index in [2.05, 4.69) is 11.1 Å². The number of hydrogen-bond donors (Lipinski definition) is 1. The molecule has 2 nitrogen and oxygen atoms in total. The predicted molar refractivity (Wildman–Crippen MR) is 68.1 cm³/mol. The third-order valence-corrected chi connectivity index (χ3v) is 4.36. The summed E-state index contributed by atoms with van der Waals surface area (Å²) in [6.07, 6.45) is 0. The zero-order valence-electron chi connectivity index (χ0n) is 9.23. The van der Waals surface area contributed by atoms with Gasteiger partial charge >= 0.3 is 0 Å². The molecule has 0 amide bonds. The van der Waals surface area contributed by atoms with Crippen LogP contribution >= 0.6 is 23.1 Å². The van der Waals surface area contributed by atoms with Gasteiger partial charge < -0.3 is 5.11 Å². The van der Waals surface area contributed by atoms with Gasteiger partial charge in [-0.15, -0.1) is 11.3 Å². The zero-order valence-corrected chi connectivity index (χ0v) is 10.9. The SMILES string of the molecule is Cc1ccc(Sc2nc(C)cs2)c(CO)c1. The summed E-state index contributed by atoms with van der Waals surface area (Å²) < 4.78 is 1.02. The first-order chi connectivity index (χ1) is 7.69. The van der Waals surface area contributed by atoms with Gasteiger partial charge in [-0.3, -0.25) is 0 Å². The molecule has 84 valence electrons. The highest BCUT2D eigenvalue weighted by Gasteiger charge is 2.06. The van der Waals surface area contributed by atoms with Crippen molar-refractivity contribution in [1.29, 1.82) is 0 Å². The number of benzene rings is 1. The van der Waals surface area contributed by atoms with Crippen molar-refractivity contribution in [3.8, 4) is 0 Å². The summed E-state index contributed by atoms with van der Waals surface area (Å²) in [4.78, 5) is 5.49. The second-order valence-electron chi connectivity index (χ2n) is 3.63. The molecule has 0 bridgehead atoms. The largest absolute Gasteiger partial charge is 0.392 e. The van der Waals surface area contributed by atoms with Crippen LogP contribution in [0.1, 0.15) is 16.8 Å². The summed E-state index contributed by atoms with van der Waals surface area (Å²) in [5.74, 6) is 0. The van der Waals surface area contributed by atoms with Crippen molar-refractivity contribution >= 4 is 23.1 Å². The number of aliphatic hydroxyl groups is 1. The molecular formula is C12H13NOS2. The fourth-order valence-corrected chi connectivity index (χ4v) is 3.30. The molecule has 16 heavy (non-hydrogen) atoms. The molecule has 2 aromatic rings. The Bertz CT molecular complexity index is 494. The monoisotopic (exact) mass is 251 g/mol. The van der Waals surface area contributed by atoms with Gasteiger partial charge in [0.05, 0.1) is 6.61 Å². The van der Waals surface area contributed by atoms with Crippen LogP contribution in [-0.2, 0) is 6.61 Å². The summed E-state index contributed by atoms with van der Waals surface area (Å²) in [6, 6.07) is 6.12. The number of thiazole rings is 1. The lowest BCUT2D eigenvalue weighted by Crippen LogP contribution is -1.88. The molecule has 4 heteroatoms. The molecule has 0 radical (unpaired) electrons. The summed E-state index contributed by atoms with van der Waals surface area (Å²) in [6.45, 7) is 4.10. The van der Waals surface area contributed by atoms with Crippen molar-refractivity contribution in [2.45, 2.75) is 29.7 Å². The van der Waals surface area contributed by atoms with Crippen molar-refractivity contribution in [3.63, 3.8) is 0 Å². The summed E-state index contributed by atoms with van der Waals surface area (Å²) in [5, 5.41) is 11.3. The first kappa shape index (κ1) is 11.6. The fraction of sp³-hybridized carbons (Fsp3) is 0.250. The van der Waals surface area contributed by atoms with Crippen LogP contribution in [0.3, 0.4) is 0 Å². The highest BCUT2D eigenvalue weighted by atomic mass is 32.2. The Balaban J connectivity index is 2.27. The van der Waals surface area contributed by atoms with E-state index in [9.17, 15) is 5.11 Å². The number of aromatic nitrogens is 1. The molecule has 1 N–H and O–H groups in total. The van der Waals surface area contributed by atoms with Crippen LogP contribution in [0.2, 0.25) is 0 Å². The Labute approximate surface area is 103 Å². The molecule has 1 heterocycles. The molecule has 0 unspecified atom stereocenters. The summed E-state index contributed by atoms with van der Waals surface area (Å²) in [7, 11) is 0. The van der Waals surface area contributed by atoms with E-state index >= 15 is 0 Å². The van der Waals surface area contributed by atoms with E-state index in [1.807, 2.05) is 31.4 Å². The average Bonchev–Trinajstić information content (AvgIpc) is 2.67. The maximum atomic E-state index is 9.30. The fourth-order valence-electron chi connectivity index (χ4n) is 1.40. The number of hydrogen-bond acceptors (Lipinski definition) is 4. The maximum Gasteiger partial charge on any atom is 0.154 e. The predicted octanol–water partition coefficient (Wildman–Crippen LogP) is 3.40. The van der Waals surface area contributed by atoms with Gasteiger partial charge in [-0.05, 0) is 25.5 Å². The highest BCUT2D eigenvalue weighted by molar-refractivity contribution is 8.01. The summed E-state index contributed by atoms with van der Waals surface area (Å²) in [5.41, 5.74) is 3.19. The second kappa shape index (κ2) is 4.99. The van der Waals surface area contributed by atoms with Gasteiger partial charge in [0.15, 0.2) is 4.34 Å². The van der Waals surface area contributed by atoms with Crippen molar-refractivity contribution in [2.75, 3.05) is 0 Å². The first-order valence-corrected chi connectivity index (χ1v) is 6.69. The van der Waals surface area contributed by atoms with E-state index in [0.29, 0.717) is 0 Å². The number of nitrogens with zero attached hydrogens (tertiary/aromatic N) is 1. The van der Waals surface area contributed by atoms with Crippen molar-refractivity contribution < 1.29 is 5.11 Å². The van der Waals surface area contributed by atoms with E-state index < -0.39 is 0 Å². The molecule has 0 aliphatic carbocycles. The molecule has 1 aromatic heterocycles. The van der Waals surface area contributed by atoms with Crippen LogP contribution in [0.4, 0.5) is 0 Å². The maximum absolute atomic E-state index is 9.30. The van der Waals surface area contributed by atoms with Crippen LogP contribution in [0.15, 0.2) is 32.8 Å². The van der Waals surface area contributed by atoms with Crippen molar-refractivity contribution in [1.82, 2.24) is 4.98 Å². The topological polar surface area (TPSA) is 33.1 Å². The molecule has 1 aromatic carbocycles. The lowest BCUT2D eigenvalue weighted by molar-refractivity contribution is 0.279. The minimum absolute atomic E-state index is 0.0777. The Morgan fingerprint density at radius 2 is 2.19 bits per heavy atom. The second-order valence-corrected chi connectivity index (χ2v) is 5.77. The smallest absolute Gasteiger partial charge is 0.154 e. The molecule has 0 saturated carbocycles. The van der Waals surface area contributed by atoms with Gasteiger partial charge in [0.25, 0.3) is 0 Å². The number of aliphatic hydroxyl groups excluding tert-OH is 1. The number of aryl methyl sites for hydroxylation is 2. The first-order valence-electron chi connectivity index (χ1n) is 4.99. The van der Waals surface area contributed by atoms with Crippen LogP contribution in [0.5, 0.6) is 0 Å². The standard InChI is InChI=1S/C12H13NOS2/c1-8-3-4-11(10(5-8)6-14)16-12-13-9(2)7-15-12/h3-5,7,14H,6H2,1-2H3. The Hall–Kier alpha value is -0.840. The van der Waals surface area contributed by atoms with Gasteiger partial charge in [-0.2, -0.15) is 0 Å². The molecule has 0 spiro atoms. The van der Waals surface area contributed by atoms with Gasteiger partial charge in [0, 0.05) is 16.0 Å². The Morgan fingerprint density at radius 3 is 2.81 bits per heavy atom. The van der Waals surface area contributed by atoms with Crippen molar-refractivity contribution in [2.24, 2.45) is 0 Å². The van der Waals surface area contributed by atoms with E-state index in [1.165, 1.54) is 5.56 Å². The molecule has 0 aliphatic heterocycles. The van der Waals surface area contributed by atoms with Crippen LogP contribution in [-0.4, -0.2) is 10.1 Å². The molecule has 0 saturated heterocycles. The van der Waals surface area contributed by atoms with Crippen molar-refractivity contribution in [3.05, 3.63) is 40.4 Å². The Kier molecular flexibility index (Phi) is 3.63. The van der Waals surface area contributed by atoms with E-state index in [0.717, 1.165) is 20.5 Å². The zero-order chi connectivity index (χ0) is 11.5. The lowest BCUT2D eigenvalue weighted by Gasteiger charge is -2.05. The molecule has 0 fully saturated rings. The Morgan fingerprint density at radius 1 is 1.38 bits per heavy atom. The van der Waals surface area contributed by atoms with E-state index in [1.54, 1.807) is 23.1 Å². The molecular weight excluding hydrogens is 238 g/mol. The highest BCUT2D eigenvalue weighted by Crippen LogP contribution is 2.33. The van der Waals surface area contributed by atoms with Gasteiger partial charge in [-0.25, -0.2) is 4.98 Å². The van der Waals surface area contributed by atoms with Crippen LogP contribution in [0, 0.1) is 13.8 Å². The normalized spacial score (nSPS) is 10.7. The lowest BCUT2D eigenvalue weighted by atomic mass is 10.1. The quantitative estimate of drug-likeness (QED) is 0.907. The third kappa shape index (κ3) is 2.64. The van der Waals surface area contributed by atoms with Crippen LogP contribution in [0.25, 0.3) is 0 Å².